The van der Waals surface area contributed by atoms with E-state index in [1.54, 1.807) is 4.90 Å². The molecule has 1 fully saturated rings. The lowest BCUT2D eigenvalue weighted by Gasteiger charge is -2.28. The number of carboxylic acid groups (broad SMARTS) is 1. The van der Waals surface area contributed by atoms with Gasteiger partial charge in [0.2, 0.25) is 5.91 Å². The second-order valence-electron chi connectivity index (χ2n) is 3.97. The molecular formula is C10H18N2O3. The van der Waals surface area contributed by atoms with E-state index in [-0.39, 0.29) is 18.5 Å². The third-order valence-corrected chi connectivity index (χ3v) is 2.88. The molecule has 0 radical (unpaired) electrons. The smallest absolute Gasteiger partial charge is 0.309 e. The van der Waals surface area contributed by atoms with Gasteiger partial charge in [-0.1, -0.05) is 6.92 Å². The minimum Gasteiger partial charge on any atom is -0.481 e. The van der Waals surface area contributed by atoms with Crippen LogP contribution in [0, 0.1) is 5.92 Å². The molecule has 0 aromatic carbocycles. The van der Waals surface area contributed by atoms with E-state index in [9.17, 15) is 9.59 Å². The first-order valence-electron chi connectivity index (χ1n) is 5.29. The number of aliphatic carboxylic acids is 1. The van der Waals surface area contributed by atoms with E-state index in [4.69, 9.17) is 5.11 Å². The second kappa shape index (κ2) is 5.11. The monoisotopic (exact) mass is 214 g/mol. The topological polar surface area (TPSA) is 69.6 Å². The molecule has 2 atom stereocenters. The first-order valence-corrected chi connectivity index (χ1v) is 5.29. The number of nitrogens with zero attached hydrogens (tertiary/aromatic N) is 1. The Labute approximate surface area is 89.4 Å². The summed E-state index contributed by atoms with van der Waals surface area (Å²) >= 11 is 0. The summed E-state index contributed by atoms with van der Waals surface area (Å²) in [6.45, 7) is 4.87. The van der Waals surface area contributed by atoms with E-state index in [1.165, 1.54) is 0 Å². The van der Waals surface area contributed by atoms with E-state index in [1.807, 2.05) is 13.8 Å². The molecule has 0 aromatic heterocycles. The fraction of sp³-hybridized carbons (Fsp3) is 0.800. The van der Waals surface area contributed by atoms with Crippen LogP contribution in [0.3, 0.4) is 0 Å². The molecule has 1 rings (SSSR count). The molecule has 1 aliphatic rings. The minimum atomic E-state index is -0.842. The average molecular weight is 214 g/mol. The van der Waals surface area contributed by atoms with Crippen molar-refractivity contribution in [1.82, 2.24) is 10.2 Å². The first-order chi connectivity index (χ1) is 7.06. The number of hydrogen-bond acceptors (Lipinski definition) is 3. The molecule has 0 bridgehead atoms. The van der Waals surface area contributed by atoms with Crippen LogP contribution in [0.2, 0.25) is 0 Å². The first kappa shape index (κ1) is 12.0. The van der Waals surface area contributed by atoms with Crippen LogP contribution in [0.25, 0.3) is 0 Å². The molecule has 1 amide bonds. The molecular weight excluding hydrogens is 196 g/mol. The predicted molar refractivity (Wildman–Crippen MR) is 55.5 cm³/mol. The summed E-state index contributed by atoms with van der Waals surface area (Å²) in [7, 11) is 0. The van der Waals surface area contributed by atoms with Gasteiger partial charge in [0.25, 0.3) is 0 Å². The van der Waals surface area contributed by atoms with Gasteiger partial charge in [-0.2, -0.15) is 0 Å². The SMILES string of the molecule is CCC(C)N1CC(C(=O)O)CNCC1=O. The zero-order valence-corrected chi connectivity index (χ0v) is 9.19. The molecule has 1 saturated heterocycles. The van der Waals surface area contributed by atoms with Crippen LogP contribution >= 0.6 is 0 Å². The molecule has 0 saturated carbocycles. The van der Waals surface area contributed by atoms with E-state index >= 15 is 0 Å². The molecule has 86 valence electrons. The van der Waals surface area contributed by atoms with E-state index < -0.39 is 11.9 Å². The van der Waals surface area contributed by atoms with Gasteiger partial charge in [0.05, 0.1) is 12.5 Å². The number of carbonyl (C=O) groups excluding carboxylic acids is 1. The highest BCUT2D eigenvalue weighted by molar-refractivity contribution is 5.80. The highest BCUT2D eigenvalue weighted by atomic mass is 16.4. The van der Waals surface area contributed by atoms with E-state index in [0.717, 1.165) is 6.42 Å². The Kier molecular flexibility index (Phi) is 4.08. The summed E-state index contributed by atoms with van der Waals surface area (Å²) < 4.78 is 0. The predicted octanol–water partition coefficient (Wildman–Crippen LogP) is -0.0825. The van der Waals surface area contributed by atoms with Gasteiger partial charge in [0, 0.05) is 19.1 Å². The van der Waals surface area contributed by atoms with Crippen molar-refractivity contribution in [3.8, 4) is 0 Å². The summed E-state index contributed by atoms with van der Waals surface area (Å²) in [5.74, 6) is -1.34. The lowest BCUT2D eigenvalue weighted by atomic mass is 10.1. The fourth-order valence-electron chi connectivity index (χ4n) is 1.67. The maximum atomic E-state index is 11.7. The zero-order valence-electron chi connectivity index (χ0n) is 9.19. The van der Waals surface area contributed by atoms with Gasteiger partial charge in [-0.25, -0.2) is 0 Å². The van der Waals surface area contributed by atoms with E-state index in [2.05, 4.69) is 5.32 Å². The molecule has 0 spiro atoms. The third-order valence-electron chi connectivity index (χ3n) is 2.88. The number of carboxylic acids is 1. The second-order valence-corrected chi connectivity index (χ2v) is 3.97. The fourth-order valence-corrected chi connectivity index (χ4v) is 1.67. The highest BCUT2D eigenvalue weighted by Gasteiger charge is 2.29. The Hall–Kier alpha value is -1.10. The number of amides is 1. The van der Waals surface area contributed by atoms with Crippen LogP contribution < -0.4 is 5.32 Å². The van der Waals surface area contributed by atoms with Gasteiger partial charge in [0.1, 0.15) is 0 Å². The lowest BCUT2D eigenvalue weighted by molar-refractivity contribution is -0.143. The molecule has 1 heterocycles. The Morgan fingerprint density at radius 1 is 1.73 bits per heavy atom. The van der Waals surface area contributed by atoms with Crippen LogP contribution in [-0.2, 0) is 9.59 Å². The van der Waals surface area contributed by atoms with Gasteiger partial charge in [0.15, 0.2) is 0 Å². The zero-order chi connectivity index (χ0) is 11.4. The summed E-state index contributed by atoms with van der Waals surface area (Å²) in [6, 6.07) is 0.110. The molecule has 0 aromatic rings. The van der Waals surface area contributed by atoms with Crippen molar-refractivity contribution >= 4 is 11.9 Å². The van der Waals surface area contributed by atoms with Gasteiger partial charge in [-0.05, 0) is 13.3 Å². The van der Waals surface area contributed by atoms with Crippen LogP contribution in [0.15, 0.2) is 0 Å². The summed E-state index contributed by atoms with van der Waals surface area (Å²) in [5.41, 5.74) is 0. The number of nitrogens with one attached hydrogen (secondary N) is 1. The van der Waals surface area contributed by atoms with Crippen LogP contribution in [0.4, 0.5) is 0 Å². The summed E-state index contributed by atoms with van der Waals surface area (Å²) in [6.07, 6.45) is 0.845. The lowest BCUT2D eigenvalue weighted by Crippen LogP contribution is -2.42. The molecule has 0 aliphatic carbocycles. The van der Waals surface area contributed by atoms with Crippen molar-refractivity contribution in [1.29, 1.82) is 0 Å². The van der Waals surface area contributed by atoms with Gasteiger partial charge >= 0.3 is 5.97 Å². The largest absolute Gasteiger partial charge is 0.481 e. The third kappa shape index (κ3) is 2.92. The standard InChI is InChI=1S/C10H18N2O3/c1-3-7(2)12-6-8(10(14)15)4-11-5-9(12)13/h7-8,11H,3-6H2,1-2H3,(H,14,15). The Balaban J connectivity index is 2.73. The molecule has 15 heavy (non-hydrogen) atoms. The average Bonchev–Trinajstić information content (AvgIpc) is 2.39. The van der Waals surface area contributed by atoms with Crippen LogP contribution in [0.5, 0.6) is 0 Å². The summed E-state index contributed by atoms with van der Waals surface area (Å²) in [5, 5.41) is 11.8. The molecule has 2 unspecified atom stereocenters. The Morgan fingerprint density at radius 2 is 2.40 bits per heavy atom. The molecule has 2 N–H and O–H groups in total. The van der Waals surface area contributed by atoms with Crippen molar-refractivity contribution in [2.24, 2.45) is 5.92 Å². The molecule has 5 heteroatoms. The van der Waals surface area contributed by atoms with Crippen molar-refractivity contribution in [3.63, 3.8) is 0 Å². The minimum absolute atomic E-state index is 0.00639. The van der Waals surface area contributed by atoms with Crippen LogP contribution in [-0.4, -0.2) is 47.6 Å². The maximum absolute atomic E-state index is 11.7. The number of rotatable bonds is 3. The normalized spacial score (nSPS) is 24.8. The van der Waals surface area contributed by atoms with Crippen molar-refractivity contribution in [2.45, 2.75) is 26.3 Å². The molecule has 1 aliphatic heterocycles. The van der Waals surface area contributed by atoms with Crippen molar-refractivity contribution in [3.05, 3.63) is 0 Å². The van der Waals surface area contributed by atoms with Crippen molar-refractivity contribution in [2.75, 3.05) is 19.6 Å². The number of hydrogen-bond donors (Lipinski definition) is 2. The summed E-state index contributed by atoms with van der Waals surface area (Å²) in [4.78, 5) is 24.2. The Bertz CT molecular complexity index is 255. The van der Waals surface area contributed by atoms with Crippen LogP contribution in [0.1, 0.15) is 20.3 Å². The van der Waals surface area contributed by atoms with E-state index in [0.29, 0.717) is 13.1 Å². The maximum Gasteiger partial charge on any atom is 0.309 e. The quantitative estimate of drug-likeness (QED) is 0.689. The Morgan fingerprint density at radius 3 is 2.93 bits per heavy atom. The number of carbonyl (C=O) groups is 2. The van der Waals surface area contributed by atoms with Gasteiger partial charge in [-0.3, -0.25) is 9.59 Å². The molecule has 5 nitrogen and oxygen atoms in total. The van der Waals surface area contributed by atoms with Crippen molar-refractivity contribution < 1.29 is 14.7 Å². The van der Waals surface area contributed by atoms with Gasteiger partial charge in [-0.15, -0.1) is 0 Å². The van der Waals surface area contributed by atoms with Gasteiger partial charge < -0.3 is 15.3 Å². The highest BCUT2D eigenvalue weighted by Crippen LogP contribution is 2.11.